The summed E-state index contributed by atoms with van der Waals surface area (Å²) < 4.78 is 0. The van der Waals surface area contributed by atoms with Gasteiger partial charge < -0.3 is 15.7 Å². The van der Waals surface area contributed by atoms with Gasteiger partial charge >= 0.3 is 0 Å². The molecule has 0 aromatic rings. The van der Waals surface area contributed by atoms with E-state index < -0.39 is 0 Å². The second-order valence-corrected chi connectivity index (χ2v) is 5.84. The Bertz CT molecular complexity index is 279. The molecule has 1 amide bonds. The molecule has 3 unspecified atom stereocenters. The number of carbonyl (C=O) groups excluding carboxylic acids is 1. The van der Waals surface area contributed by atoms with Crippen molar-refractivity contribution >= 4 is 5.91 Å². The van der Waals surface area contributed by atoms with Crippen LogP contribution in [0.5, 0.6) is 0 Å². The maximum Gasteiger partial charge on any atom is 0.227 e. The Morgan fingerprint density at radius 1 is 1.35 bits per heavy atom. The smallest absolute Gasteiger partial charge is 0.227 e. The number of aliphatic hydroxyl groups excluding tert-OH is 1. The van der Waals surface area contributed by atoms with Crippen molar-refractivity contribution in [3.8, 4) is 0 Å². The number of amides is 1. The molecule has 2 aliphatic rings. The van der Waals surface area contributed by atoms with E-state index in [-0.39, 0.29) is 30.0 Å². The number of fused-ring (bicyclic) bond motifs is 2. The van der Waals surface area contributed by atoms with Gasteiger partial charge in [-0.25, -0.2) is 0 Å². The van der Waals surface area contributed by atoms with E-state index in [9.17, 15) is 9.90 Å². The zero-order valence-corrected chi connectivity index (χ0v) is 10.8. The lowest BCUT2D eigenvalue weighted by Gasteiger charge is -2.39. The first-order chi connectivity index (χ1) is 8.04. The average molecular weight is 240 g/mol. The third-order valence-corrected chi connectivity index (χ3v) is 4.34. The molecule has 0 spiro atoms. The monoisotopic (exact) mass is 240 g/mol. The minimum absolute atomic E-state index is 0.0617. The topological polar surface area (TPSA) is 66.6 Å². The summed E-state index contributed by atoms with van der Waals surface area (Å²) in [6, 6.07) is 0.507. The van der Waals surface area contributed by atoms with Gasteiger partial charge in [-0.15, -0.1) is 0 Å². The molecule has 0 saturated carbocycles. The fourth-order valence-electron chi connectivity index (χ4n) is 3.36. The maximum atomic E-state index is 12.5. The summed E-state index contributed by atoms with van der Waals surface area (Å²) in [6.07, 6.45) is 3.37. The van der Waals surface area contributed by atoms with Gasteiger partial charge in [0.25, 0.3) is 0 Å². The van der Waals surface area contributed by atoms with Crippen LogP contribution in [-0.4, -0.2) is 40.6 Å². The third kappa shape index (κ3) is 2.33. The average Bonchev–Trinajstić information content (AvgIpc) is 2.51. The number of hydrogen-bond donors (Lipinski definition) is 2. The van der Waals surface area contributed by atoms with Crippen molar-refractivity contribution in [3.05, 3.63) is 0 Å². The Hall–Kier alpha value is -0.610. The molecule has 2 aliphatic heterocycles. The summed E-state index contributed by atoms with van der Waals surface area (Å²) in [7, 11) is 0. The Kier molecular flexibility index (Phi) is 3.73. The Morgan fingerprint density at radius 2 is 1.88 bits per heavy atom. The van der Waals surface area contributed by atoms with Crippen molar-refractivity contribution in [1.82, 2.24) is 4.90 Å². The molecule has 3 N–H and O–H groups in total. The summed E-state index contributed by atoms with van der Waals surface area (Å²) in [5.74, 6) is 0.439. The Labute approximate surface area is 103 Å². The lowest BCUT2D eigenvalue weighted by molar-refractivity contribution is -0.142. The third-order valence-electron chi connectivity index (χ3n) is 4.34. The van der Waals surface area contributed by atoms with E-state index in [0.29, 0.717) is 12.5 Å². The van der Waals surface area contributed by atoms with Crippen LogP contribution in [0.4, 0.5) is 0 Å². The molecule has 17 heavy (non-hydrogen) atoms. The van der Waals surface area contributed by atoms with Crippen molar-refractivity contribution in [1.29, 1.82) is 0 Å². The van der Waals surface area contributed by atoms with E-state index >= 15 is 0 Å². The van der Waals surface area contributed by atoms with E-state index in [4.69, 9.17) is 5.73 Å². The van der Waals surface area contributed by atoms with Crippen molar-refractivity contribution in [2.45, 2.75) is 57.7 Å². The van der Waals surface area contributed by atoms with Gasteiger partial charge in [0.1, 0.15) is 0 Å². The first-order valence-corrected chi connectivity index (χ1v) is 6.75. The number of piperidine rings is 1. The van der Waals surface area contributed by atoms with Crippen molar-refractivity contribution < 1.29 is 9.90 Å². The standard InChI is InChI=1S/C13H24N2O2/c1-8(2)12(7-14)13(17)15-9-3-4-10(15)6-11(16)5-9/h8-12,16H,3-7,14H2,1-2H3. The van der Waals surface area contributed by atoms with Crippen LogP contribution in [0.25, 0.3) is 0 Å². The largest absolute Gasteiger partial charge is 0.393 e. The fraction of sp³-hybridized carbons (Fsp3) is 0.923. The molecule has 0 aliphatic carbocycles. The molecule has 3 atom stereocenters. The van der Waals surface area contributed by atoms with Crippen LogP contribution in [0, 0.1) is 11.8 Å². The highest BCUT2D eigenvalue weighted by atomic mass is 16.3. The first-order valence-electron chi connectivity index (χ1n) is 6.75. The van der Waals surface area contributed by atoms with Gasteiger partial charge in [-0.1, -0.05) is 13.8 Å². The zero-order valence-electron chi connectivity index (χ0n) is 10.8. The molecule has 98 valence electrons. The van der Waals surface area contributed by atoms with Crippen LogP contribution in [0.3, 0.4) is 0 Å². The quantitative estimate of drug-likeness (QED) is 0.764. The van der Waals surface area contributed by atoms with Gasteiger partial charge in [-0.3, -0.25) is 4.79 Å². The Morgan fingerprint density at radius 3 is 2.29 bits per heavy atom. The number of nitrogens with zero attached hydrogens (tertiary/aromatic N) is 1. The molecule has 2 heterocycles. The van der Waals surface area contributed by atoms with Gasteiger partial charge in [0.2, 0.25) is 5.91 Å². The molecule has 0 aromatic carbocycles. The van der Waals surface area contributed by atoms with Crippen molar-refractivity contribution in [3.63, 3.8) is 0 Å². The summed E-state index contributed by atoms with van der Waals surface area (Å²) in [6.45, 7) is 4.53. The summed E-state index contributed by atoms with van der Waals surface area (Å²) in [5.41, 5.74) is 5.72. The second kappa shape index (κ2) is 4.94. The lowest BCUT2D eigenvalue weighted by atomic mass is 9.91. The van der Waals surface area contributed by atoms with Gasteiger partial charge in [-0.05, 0) is 31.6 Å². The summed E-state index contributed by atoms with van der Waals surface area (Å²) >= 11 is 0. The molecule has 2 fully saturated rings. The number of carbonyl (C=O) groups is 1. The van der Waals surface area contributed by atoms with Gasteiger partial charge in [0, 0.05) is 18.6 Å². The molecule has 2 rings (SSSR count). The first kappa shape index (κ1) is 12.8. The zero-order chi connectivity index (χ0) is 12.6. The molecule has 2 bridgehead atoms. The molecule has 4 nitrogen and oxygen atoms in total. The van der Waals surface area contributed by atoms with Crippen LogP contribution in [0.1, 0.15) is 39.5 Å². The summed E-state index contributed by atoms with van der Waals surface area (Å²) in [5, 5.41) is 9.73. The van der Waals surface area contributed by atoms with Crippen molar-refractivity contribution in [2.24, 2.45) is 17.6 Å². The highest BCUT2D eigenvalue weighted by molar-refractivity contribution is 5.80. The van der Waals surface area contributed by atoms with E-state index in [2.05, 4.69) is 13.8 Å². The molecular formula is C13H24N2O2. The second-order valence-electron chi connectivity index (χ2n) is 5.84. The Balaban J connectivity index is 2.10. The number of nitrogens with two attached hydrogens (primary N) is 1. The van der Waals surface area contributed by atoms with Crippen LogP contribution < -0.4 is 5.73 Å². The fourth-order valence-corrected chi connectivity index (χ4v) is 3.36. The maximum absolute atomic E-state index is 12.5. The highest BCUT2D eigenvalue weighted by Crippen LogP contribution is 2.37. The van der Waals surface area contributed by atoms with Gasteiger partial charge in [-0.2, -0.15) is 0 Å². The summed E-state index contributed by atoms with van der Waals surface area (Å²) in [4.78, 5) is 14.5. The normalized spacial score (nSPS) is 34.2. The number of rotatable bonds is 3. The lowest BCUT2D eigenvalue weighted by Crippen LogP contribution is -2.52. The molecule has 0 radical (unpaired) electrons. The predicted octanol–water partition coefficient (Wildman–Crippen LogP) is 0.732. The van der Waals surface area contributed by atoms with E-state index in [1.807, 2.05) is 4.90 Å². The van der Waals surface area contributed by atoms with Crippen LogP contribution in [0.2, 0.25) is 0 Å². The number of hydrogen-bond acceptors (Lipinski definition) is 3. The van der Waals surface area contributed by atoms with E-state index in [1.54, 1.807) is 0 Å². The highest BCUT2D eigenvalue weighted by Gasteiger charge is 2.44. The van der Waals surface area contributed by atoms with Gasteiger partial charge in [0.15, 0.2) is 0 Å². The SMILES string of the molecule is CC(C)C(CN)C(=O)N1C2CCC1CC(O)C2. The van der Waals surface area contributed by atoms with Gasteiger partial charge in [0.05, 0.1) is 12.0 Å². The van der Waals surface area contributed by atoms with Crippen LogP contribution >= 0.6 is 0 Å². The van der Waals surface area contributed by atoms with Crippen LogP contribution in [0.15, 0.2) is 0 Å². The van der Waals surface area contributed by atoms with E-state index in [1.165, 1.54) is 0 Å². The molecule has 4 heteroatoms. The molecule has 0 aromatic heterocycles. The van der Waals surface area contributed by atoms with Crippen LogP contribution in [-0.2, 0) is 4.79 Å². The minimum Gasteiger partial charge on any atom is -0.393 e. The van der Waals surface area contributed by atoms with E-state index in [0.717, 1.165) is 25.7 Å². The molecule has 2 saturated heterocycles. The molecular weight excluding hydrogens is 216 g/mol. The number of aliphatic hydroxyl groups is 1. The van der Waals surface area contributed by atoms with Crippen molar-refractivity contribution in [2.75, 3.05) is 6.54 Å². The minimum atomic E-state index is -0.216. The predicted molar refractivity (Wildman–Crippen MR) is 66.3 cm³/mol.